The third-order valence-corrected chi connectivity index (χ3v) is 3.48. The largest absolute Gasteiger partial charge is 0.478 e. The van der Waals surface area contributed by atoms with Gasteiger partial charge in [-0.05, 0) is 18.1 Å². The quantitative estimate of drug-likeness (QED) is 0.832. The average Bonchev–Trinajstić information content (AvgIpc) is 2.70. The van der Waals surface area contributed by atoms with Gasteiger partial charge in [0.25, 0.3) is 0 Å². The second-order valence-corrected chi connectivity index (χ2v) is 4.65. The summed E-state index contributed by atoms with van der Waals surface area (Å²) in [4.78, 5) is 13.2. The first-order valence-electron chi connectivity index (χ1n) is 5.81. The van der Waals surface area contributed by atoms with Crippen molar-refractivity contribution in [1.82, 2.24) is 0 Å². The van der Waals surface area contributed by atoms with Crippen molar-refractivity contribution >= 4 is 11.7 Å². The lowest BCUT2D eigenvalue weighted by Gasteiger charge is -2.20. The van der Waals surface area contributed by atoms with Crippen LogP contribution in [0.1, 0.15) is 17.3 Å². The van der Waals surface area contributed by atoms with E-state index in [1.54, 1.807) is 12.1 Å². The fourth-order valence-electron chi connectivity index (χ4n) is 2.40. The summed E-state index contributed by atoms with van der Waals surface area (Å²) in [6, 6.07) is 7.03. The van der Waals surface area contributed by atoms with Gasteiger partial charge in [0, 0.05) is 25.6 Å². The fourth-order valence-corrected chi connectivity index (χ4v) is 2.40. The summed E-state index contributed by atoms with van der Waals surface area (Å²) >= 11 is 0. The summed E-state index contributed by atoms with van der Waals surface area (Å²) < 4.78 is 0. The zero-order valence-electron chi connectivity index (χ0n) is 9.84. The Morgan fingerprint density at radius 3 is 2.71 bits per heavy atom. The van der Waals surface area contributed by atoms with Crippen LogP contribution in [0.5, 0.6) is 0 Å². The van der Waals surface area contributed by atoms with Crippen LogP contribution in [0.15, 0.2) is 24.3 Å². The number of carbonyl (C=O) groups is 1. The molecule has 1 aromatic carbocycles. The Kier molecular flexibility index (Phi) is 3.33. The molecule has 0 unspecified atom stereocenters. The predicted octanol–water partition coefficient (Wildman–Crippen LogP) is 1.45. The molecule has 0 bridgehead atoms. The van der Waals surface area contributed by atoms with Gasteiger partial charge in [-0.2, -0.15) is 0 Å². The number of rotatable bonds is 3. The molecule has 0 saturated carbocycles. The topological polar surface area (TPSA) is 60.8 Å². The third kappa shape index (κ3) is 2.26. The maximum Gasteiger partial charge on any atom is 0.337 e. The molecule has 92 valence electrons. The number of aliphatic hydroxyl groups excluding tert-OH is 1. The first-order chi connectivity index (χ1) is 8.13. The lowest BCUT2D eigenvalue weighted by Crippen LogP contribution is -2.22. The number of hydrogen-bond acceptors (Lipinski definition) is 3. The van der Waals surface area contributed by atoms with E-state index in [0.717, 1.165) is 18.8 Å². The van der Waals surface area contributed by atoms with Crippen molar-refractivity contribution in [3.63, 3.8) is 0 Å². The van der Waals surface area contributed by atoms with E-state index in [4.69, 9.17) is 5.11 Å². The molecule has 1 aromatic rings. The van der Waals surface area contributed by atoms with E-state index < -0.39 is 5.97 Å². The number of anilines is 1. The molecule has 0 aliphatic carbocycles. The number of aliphatic hydroxyl groups is 1. The van der Waals surface area contributed by atoms with Crippen LogP contribution in [-0.2, 0) is 0 Å². The molecular weight excluding hydrogens is 218 g/mol. The monoisotopic (exact) mass is 235 g/mol. The SMILES string of the molecule is C[C@@H]1CN(c2ccccc2C(=O)O)C[C@H]1CO. The standard InChI is InChI=1S/C13H17NO3/c1-9-6-14(7-10(9)8-15)12-5-3-2-4-11(12)13(16)17/h2-5,9-10,15H,6-8H2,1H3,(H,16,17)/t9-,10+/m1/s1. The van der Waals surface area contributed by atoms with Crippen molar-refractivity contribution < 1.29 is 15.0 Å². The fraction of sp³-hybridized carbons (Fsp3) is 0.462. The summed E-state index contributed by atoms with van der Waals surface area (Å²) in [6.07, 6.45) is 0. The van der Waals surface area contributed by atoms with Crippen LogP contribution in [0.25, 0.3) is 0 Å². The molecule has 0 amide bonds. The van der Waals surface area contributed by atoms with Gasteiger partial charge in [0.15, 0.2) is 0 Å². The maximum atomic E-state index is 11.1. The molecule has 2 atom stereocenters. The summed E-state index contributed by atoms with van der Waals surface area (Å²) in [6.45, 7) is 3.77. The molecule has 2 rings (SSSR count). The van der Waals surface area contributed by atoms with Gasteiger partial charge in [-0.3, -0.25) is 0 Å². The minimum Gasteiger partial charge on any atom is -0.478 e. The Bertz CT molecular complexity index is 419. The van der Waals surface area contributed by atoms with Crippen molar-refractivity contribution in [2.75, 3.05) is 24.6 Å². The Morgan fingerprint density at radius 2 is 2.12 bits per heavy atom. The normalized spacial score (nSPS) is 24.0. The van der Waals surface area contributed by atoms with Crippen LogP contribution < -0.4 is 4.90 Å². The minimum absolute atomic E-state index is 0.160. The Morgan fingerprint density at radius 1 is 1.41 bits per heavy atom. The van der Waals surface area contributed by atoms with Crippen molar-refractivity contribution in [1.29, 1.82) is 0 Å². The first-order valence-corrected chi connectivity index (χ1v) is 5.81. The second-order valence-electron chi connectivity index (χ2n) is 4.65. The molecule has 0 aromatic heterocycles. The van der Waals surface area contributed by atoms with Crippen LogP contribution in [0.3, 0.4) is 0 Å². The van der Waals surface area contributed by atoms with Crippen molar-refractivity contribution in [2.45, 2.75) is 6.92 Å². The Balaban J connectivity index is 2.27. The van der Waals surface area contributed by atoms with E-state index in [0.29, 0.717) is 11.5 Å². The van der Waals surface area contributed by atoms with Crippen LogP contribution in [-0.4, -0.2) is 35.9 Å². The molecule has 0 spiro atoms. The van der Waals surface area contributed by atoms with Gasteiger partial charge in [-0.1, -0.05) is 19.1 Å². The number of carboxylic acid groups (broad SMARTS) is 1. The molecule has 1 saturated heterocycles. The van der Waals surface area contributed by atoms with Gasteiger partial charge in [0.1, 0.15) is 0 Å². The first kappa shape index (κ1) is 11.9. The summed E-state index contributed by atoms with van der Waals surface area (Å²) in [7, 11) is 0. The molecule has 4 nitrogen and oxygen atoms in total. The van der Waals surface area contributed by atoms with E-state index >= 15 is 0 Å². The highest BCUT2D eigenvalue weighted by atomic mass is 16.4. The van der Waals surface area contributed by atoms with E-state index in [1.807, 2.05) is 12.1 Å². The zero-order chi connectivity index (χ0) is 12.4. The molecule has 0 radical (unpaired) electrons. The third-order valence-electron chi connectivity index (χ3n) is 3.48. The number of nitrogens with zero attached hydrogens (tertiary/aromatic N) is 1. The van der Waals surface area contributed by atoms with Crippen molar-refractivity contribution in [2.24, 2.45) is 11.8 Å². The molecule has 1 fully saturated rings. The molecule has 2 N–H and O–H groups in total. The van der Waals surface area contributed by atoms with Crippen molar-refractivity contribution in [3.8, 4) is 0 Å². The molecular formula is C13H17NO3. The van der Waals surface area contributed by atoms with Gasteiger partial charge < -0.3 is 15.1 Å². The van der Waals surface area contributed by atoms with Gasteiger partial charge in [-0.15, -0.1) is 0 Å². The summed E-state index contributed by atoms with van der Waals surface area (Å²) in [5.74, 6) is -0.278. The lowest BCUT2D eigenvalue weighted by molar-refractivity contribution is 0.0697. The smallest absolute Gasteiger partial charge is 0.337 e. The molecule has 1 aliphatic rings. The predicted molar refractivity (Wildman–Crippen MR) is 65.4 cm³/mol. The van der Waals surface area contributed by atoms with Gasteiger partial charge >= 0.3 is 5.97 Å². The summed E-state index contributed by atoms with van der Waals surface area (Å²) in [5.41, 5.74) is 1.08. The molecule has 17 heavy (non-hydrogen) atoms. The average molecular weight is 235 g/mol. The van der Waals surface area contributed by atoms with Crippen molar-refractivity contribution in [3.05, 3.63) is 29.8 Å². The van der Waals surface area contributed by atoms with E-state index in [9.17, 15) is 9.90 Å². The van der Waals surface area contributed by atoms with Gasteiger partial charge in [0.05, 0.1) is 11.3 Å². The zero-order valence-corrected chi connectivity index (χ0v) is 9.84. The molecule has 1 aliphatic heterocycles. The Labute approximate surface area is 100 Å². The van der Waals surface area contributed by atoms with Crippen LogP contribution in [0.4, 0.5) is 5.69 Å². The molecule has 4 heteroatoms. The van der Waals surface area contributed by atoms with Gasteiger partial charge in [0.2, 0.25) is 0 Å². The van der Waals surface area contributed by atoms with Crippen LogP contribution in [0, 0.1) is 11.8 Å². The second kappa shape index (κ2) is 4.75. The highest BCUT2D eigenvalue weighted by Gasteiger charge is 2.30. The highest BCUT2D eigenvalue weighted by Crippen LogP contribution is 2.30. The van der Waals surface area contributed by atoms with Crippen LogP contribution >= 0.6 is 0 Å². The Hall–Kier alpha value is -1.55. The minimum atomic E-state index is -0.902. The van der Waals surface area contributed by atoms with E-state index in [-0.39, 0.29) is 12.5 Å². The highest BCUT2D eigenvalue weighted by molar-refractivity contribution is 5.94. The lowest BCUT2D eigenvalue weighted by atomic mass is 10.00. The number of hydrogen-bond donors (Lipinski definition) is 2. The number of para-hydroxylation sites is 1. The van der Waals surface area contributed by atoms with E-state index in [2.05, 4.69) is 11.8 Å². The number of aromatic carboxylic acids is 1. The number of benzene rings is 1. The molecule has 1 heterocycles. The van der Waals surface area contributed by atoms with Gasteiger partial charge in [-0.25, -0.2) is 4.79 Å². The maximum absolute atomic E-state index is 11.1. The number of carboxylic acids is 1. The van der Waals surface area contributed by atoms with E-state index in [1.165, 1.54) is 0 Å². The van der Waals surface area contributed by atoms with Crippen LogP contribution in [0.2, 0.25) is 0 Å². The summed E-state index contributed by atoms with van der Waals surface area (Å²) in [5, 5.41) is 18.4.